The lowest BCUT2D eigenvalue weighted by atomic mass is 10.1. The van der Waals surface area contributed by atoms with E-state index in [0.29, 0.717) is 12.8 Å². The third-order valence-corrected chi connectivity index (χ3v) is 2.41. The number of nitrogen functional groups attached to an aromatic ring is 1. The molecule has 4 heteroatoms. The lowest BCUT2D eigenvalue weighted by Crippen LogP contribution is -2.28. The van der Waals surface area contributed by atoms with Gasteiger partial charge in [0.1, 0.15) is 11.6 Å². The average molecular weight is 250 g/mol. The number of Topliss-reactive ketones (excluding diaryl/α,β-unsaturated/α-hetero) is 2. The Morgan fingerprint density at radius 2 is 1.67 bits per heavy atom. The number of benzene rings is 1. The van der Waals surface area contributed by atoms with Gasteiger partial charge in [-0.2, -0.15) is 0 Å². The zero-order valence-corrected chi connectivity index (χ0v) is 11.3. The van der Waals surface area contributed by atoms with E-state index in [1.807, 2.05) is 31.2 Å². The standard InChI is InChI=1S/C7H13NO2.C7H9N/c1-5(9)3-4-7(8)6(2)10;1-6-2-4-7(8)5-3-6/h7H,3-4,8H2,1-2H3;2-5H,8H2,1H3. The molecule has 1 aromatic carbocycles. The van der Waals surface area contributed by atoms with Crippen LogP contribution in [0.4, 0.5) is 5.69 Å². The molecule has 0 aliphatic rings. The van der Waals surface area contributed by atoms with E-state index in [1.165, 1.54) is 19.4 Å². The van der Waals surface area contributed by atoms with E-state index in [4.69, 9.17) is 11.5 Å². The Balaban J connectivity index is 0.000000327. The van der Waals surface area contributed by atoms with E-state index < -0.39 is 6.04 Å². The van der Waals surface area contributed by atoms with Gasteiger partial charge in [0.25, 0.3) is 0 Å². The Hall–Kier alpha value is -1.68. The van der Waals surface area contributed by atoms with Crippen LogP contribution in [0.25, 0.3) is 0 Å². The average Bonchev–Trinajstić information content (AvgIpc) is 2.30. The van der Waals surface area contributed by atoms with Crippen molar-refractivity contribution in [3.05, 3.63) is 29.8 Å². The van der Waals surface area contributed by atoms with Gasteiger partial charge < -0.3 is 16.3 Å². The third-order valence-electron chi connectivity index (χ3n) is 2.41. The van der Waals surface area contributed by atoms with Crippen molar-refractivity contribution in [2.75, 3.05) is 5.73 Å². The molecule has 0 bridgehead atoms. The van der Waals surface area contributed by atoms with Crippen LogP contribution in [-0.4, -0.2) is 17.6 Å². The quantitative estimate of drug-likeness (QED) is 0.798. The second-order valence-electron chi connectivity index (χ2n) is 4.37. The maximum atomic E-state index is 10.5. The van der Waals surface area contributed by atoms with E-state index in [9.17, 15) is 9.59 Å². The Kier molecular flexibility index (Phi) is 7.63. The Morgan fingerprint density at radius 1 is 1.17 bits per heavy atom. The third kappa shape index (κ3) is 8.47. The molecule has 0 aliphatic heterocycles. The predicted octanol–water partition coefficient (Wildman–Crippen LogP) is 1.85. The van der Waals surface area contributed by atoms with Crippen LogP contribution >= 0.6 is 0 Å². The van der Waals surface area contributed by atoms with Crippen LogP contribution in [0.2, 0.25) is 0 Å². The molecule has 0 amide bonds. The molecule has 0 heterocycles. The fourth-order valence-corrected chi connectivity index (χ4v) is 1.13. The Labute approximate surface area is 108 Å². The molecule has 1 unspecified atom stereocenters. The van der Waals surface area contributed by atoms with Gasteiger partial charge in [0.2, 0.25) is 0 Å². The Morgan fingerprint density at radius 3 is 2.00 bits per heavy atom. The summed E-state index contributed by atoms with van der Waals surface area (Å²) >= 11 is 0. The number of hydrogen-bond acceptors (Lipinski definition) is 4. The van der Waals surface area contributed by atoms with Crippen molar-refractivity contribution in [1.82, 2.24) is 0 Å². The van der Waals surface area contributed by atoms with Crippen LogP contribution in [0.1, 0.15) is 32.3 Å². The second-order valence-corrected chi connectivity index (χ2v) is 4.37. The molecule has 100 valence electrons. The van der Waals surface area contributed by atoms with Crippen LogP contribution in [0, 0.1) is 6.92 Å². The molecule has 0 aliphatic carbocycles. The van der Waals surface area contributed by atoms with Gasteiger partial charge in [-0.15, -0.1) is 0 Å². The van der Waals surface area contributed by atoms with E-state index in [-0.39, 0.29) is 11.6 Å². The first-order chi connectivity index (χ1) is 8.32. The fourth-order valence-electron chi connectivity index (χ4n) is 1.13. The first-order valence-electron chi connectivity index (χ1n) is 5.90. The van der Waals surface area contributed by atoms with Crippen LogP contribution in [0.15, 0.2) is 24.3 Å². The normalized spacial score (nSPS) is 11.1. The highest BCUT2D eigenvalue weighted by Gasteiger charge is 2.07. The number of anilines is 1. The highest BCUT2D eigenvalue weighted by molar-refractivity contribution is 5.82. The van der Waals surface area contributed by atoms with Crippen LogP contribution in [0.5, 0.6) is 0 Å². The summed E-state index contributed by atoms with van der Waals surface area (Å²) in [7, 11) is 0. The minimum absolute atomic E-state index is 0.0544. The lowest BCUT2D eigenvalue weighted by Gasteiger charge is -2.03. The molecule has 0 spiro atoms. The van der Waals surface area contributed by atoms with Crippen molar-refractivity contribution in [2.24, 2.45) is 5.73 Å². The fraction of sp³-hybridized carbons (Fsp3) is 0.429. The smallest absolute Gasteiger partial charge is 0.146 e. The molecule has 0 saturated heterocycles. The molecule has 0 aromatic heterocycles. The molecular weight excluding hydrogens is 228 g/mol. The molecule has 0 saturated carbocycles. The molecule has 1 rings (SSSR count). The van der Waals surface area contributed by atoms with Crippen molar-refractivity contribution in [2.45, 2.75) is 39.7 Å². The largest absolute Gasteiger partial charge is 0.399 e. The van der Waals surface area contributed by atoms with E-state index >= 15 is 0 Å². The van der Waals surface area contributed by atoms with Crippen molar-refractivity contribution in [3.8, 4) is 0 Å². The van der Waals surface area contributed by atoms with E-state index in [2.05, 4.69) is 0 Å². The first kappa shape index (κ1) is 16.3. The number of hydrogen-bond donors (Lipinski definition) is 2. The minimum atomic E-state index is -0.455. The summed E-state index contributed by atoms with van der Waals surface area (Å²) in [6, 6.07) is 7.33. The van der Waals surface area contributed by atoms with Gasteiger partial charge in [-0.1, -0.05) is 17.7 Å². The first-order valence-corrected chi connectivity index (χ1v) is 5.90. The van der Waals surface area contributed by atoms with Crippen LogP contribution in [0.3, 0.4) is 0 Å². The zero-order chi connectivity index (χ0) is 14.1. The summed E-state index contributed by atoms with van der Waals surface area (Å²) < 4.78 is 0. The summed E-state index contributed by atoms with van der Waals surface area (Å²) in [5, 5.41) is 0. The summed E-state index contributed by atoms with van der Waals surface area (Å²) in [6.07, 6.45) is 0.880. The summed E-state index contributed by atoms with van der Waals surface area (Å²) in [5.74, 6) is 0.0259. The van der Waals surface area contributed by atoms with Crippen molar-refractivity contribution in [3.63, 3.8) is 0 Å². The van der Waals surface area contributed by atoms with Crippen molar-refractivity contribution >= 4 is 17.3 Å². The van der Waals surface area contributed by atoms with Gasteiger partial charge in [-0.05, 0) is 39.3 Å². The second kappa shape index (κ2) is 8.42. The van der Waals surface area contributed by atoms with Crippen LogP contribution in [-0.2, 0) is 9.59 Å². The van der Waals surface area contributed by atoms with E-state index in [0.717, 1.165) is 5.69 Å². The molecule has 1 atom stereocenters. The van der Waals surface area contributed by atoms with Crippen molar-refractivity contribution in [1.29, 1.82) is 0 Å². The maximum absolute atomic E-state index is 10.5. The molecule has 0 fully saturated rings. The summed E-state index contributed by atoms with van der Waals surface area (Å²) in [4.78, 5) is 20.9. The highest BCUT2D eigenvalue weighted by atomic mass is 16.1. The minimum Gasteiger partial charge on any atom is -0.399 e. The molecule has 4 nitrogen and oxygen atoms in total. The number of carbonyl (C=O) groups excluding carboxylic acids is 2. The van der Waals surface area contributed by atoms with E-state index in [1.54, 1.807) is 0 Å². The van der Waals surface area contributed by atoms with Gasteiger partial charge in [0, 0.05) is 12.1 Å². The lowest BCUT2D eigenvalue weighted by molar-refractivity contribution is -0.119. The maximum Gasteiger partial charge on any atom is 0.146 e. The number of aryl methyl sites for hydroxylation is 1. The topological polar surface area (TPSA) is 86.2 Å². The van der Waals surface area contributed by atoms with Crippen molar-refractivity contribution < 1.29 is 9.59 Å². The monoisotopic (exact) mass is 250 g/mol. The summed E-state index contributed by atoms with van der Waals surface area (Å²) in [6.45, 7) is 4.97. The molecule has 18 heavy (non-hydrogen) atoms. The predicted molar refractivity (Wildman–Crippen MR) is 74.2 cm³/mol. The number of rotatable bonds is 4. The number of nitrogens with two attached hydrogens (primary N) is 2. The molecule has 1 aromatic rings. The van der Waals surface area contributed by atoms with Gasteiger partial charge in [-0.25, -0.2) is 0 Å². The van der Waals surface area contributed by atoms with Gasteiger partial charge in [0.15, 0.2) is 0 Å². The van der Waals surface area contributed by atoms with Gasteiger partial charge >= 0.3 is 0 Å². The molecule has 4 N–H and O–H groups in total. The van der Waals surface area contributed by atoms with Gasteiger partial charge in [-0.3, -0.25) is 4.79 Å². The number of carbonyl (C=O) groups is 2. The molecule has 0 radical (unpaired) electrons. The summed E-state index contributed by atoms with van der Waals surface area (Å²) in [5.41, 5.74) is 12.9. The SMILES string of the molecule is CC(=O)CCC(N)C(C)=O.Cc1ccc(N)cc1. The zero-order valence-electron chi connectivity index (χ0n) is 11.3. The highest BCUT2D eigenvalue weighted by Crippen LogP contribution is 2.02. The van der Waals surface area contributed by atoms with Crippen LogP contribution < -0.4 is 11.5 Å². The molecular formula is C14H22N2O2. The number of ketones is 2. The van der Waals surface area contributed by atoms with Gasteiger partial charge in [0.05, 0.1) is 6.04 Å². The Bertz CT molecular complexity index is 364.